The van der Waals surface area contributed by atoms with E-state index in [1.54, 1.807) is 0 Å². The van der Waals surface area contributed by atoms with Crippen molar-refractivity contribution in [1.82, 2.24) is 4.72 Å². The van der Waals surface area contributed by atoms with Crippen LogP contribution in [0.4, 0.5) is 0 Å². The number of carbonyl (C=O) groups excluding carboxylic acids is 1. The molecule has 0 aliphatic heterocycles. The molecule has 32 heavy (non-hydrogen) atoms. The lowest BCUT2D eigenvalue weighted by atomic mass is 9.92. The molecule has 1 unspecified atom stereocenters. The number of hydrogen-bond acceptors (Lipinski definition) is 3. The molecule has 1 aliphatic rings. The Morgan fingerprint density at radius 2 is 1.78 bits per heavy atom. The van der Waals surface area contributed by atoms with Crippen molar-refractivity contribution in [3.05, 3.63) is 24.3 Å². The molecule has 0 aromatic heterocycles. The first-order valence-corrected chi connectivity index (χ1v) is 14.6. The van der Waals surface area contributed by atoms with Crippen LogP contribution >= 0.6 is 0 Å². The second-order valence-corrected chi connectivity index (χ2v) is 10.9. The van der Waals surface area contributed by atoms with Gasteiger partial charge in [-0.2, -0.15) is 0 Å². The van der Waals surface area contributed by atoms with Gasteiger partial charge in [0.1, 0.15) is 0 Å². The van der Waals surface area contributed by atoms with Crippen molar-refractivity contribution >= 4 is 15.9 Å². The van der Waals surface area contributed by atoms with Gasteiger partial charge >= 0.3 is 0 Å². The second kappa shape index (κ2) is 17.0. The molecule has 0 saturated heterocycles. The van der Waals surface area contributed by atoms with Gasteiger partial charge in [-0.25, -0.2) is 8.42 Å². The molecule has 1 fully saturated rings. The van der Waals surface area contributed by atoms with Gasteiger partial charge in [-0.1, -0.05) is 88.5 Å². The maximum absolute atomic E-state index is 12.4. The summed E-state index contributed by atoms with van der Waals surface area (Å²) in [6, 6.07) is 0. The molecule has 1 saturated carbocycles. The molecule has 0 aromatic carbocycles. The van der Waals surface area contributed by atoms with Crippen LogP contribution in [0, 0.1) is 29.6 Å². The number of amides is 1. The Bertz CT molecular complexity index is 743. The van der Waals surface area contributed by atoms with E-state index >= 15 is 0 Å². The molecule has 1 amide bonds. The lowest BCUT2D eigenvalue weighted by Gasteiger charge is -2.15. The Hall–Kier alpha value is -1.54. The minimum atomic E-state index is -3.51. The van der Waals surface area contributed by atoms with E-state index in [-0.39, 0.29) is 11.8 Å². The van der Waals surface area contributed by atoms with E-state index in [9.17, 15) is 13.2 Å². The molecule has 0 aromatic rings. The van der Waals surface area contributed by atoms with Gasteiger partial charge in [0.15, 0.2) is 0 Å². The van der Waals surface area contributed by atoms with Crippen LogP contribution in [0.15, 0.2) is 24.3 Å². The lowest BCUT2D eigenvalue weighted by Crippen LogP contribution is -2.35. The zero-order valence-electron chi connectivity index (χ0n) is 20.6. The normalized spacial score (nSPS) is 19.8. The highest BCUT2D eigenvalue weighted by atomic mass is 32.2. The summed E-state index contributed by atoms with van der Waals surface area (Å²) >= 11 is 0. The van der Waals surface area contributed by atoms with Crippen molar-refractivity contribution in [2.45, 2.75) is 104 Å². The number of hydrogen-bond donors (Lipinski definition) is 1. The van der Waals surface area contributed by atoms with Crippen LogP contribution in [0.25, 0.3) is 0 Å². The number of rotatable bonds is 15. The van der Waals surface area contributed by atoms with Crippen LogP contribution < -0.4 is 4.72 Å². The fraction of sp³-hybridized carbons (Fsp3) is 0.741. The van der Waals surface area contributed by atoms with E-state index < -0.39 is 10.0 Å². The Labute approximate surface area is 197 Å². The van der Waals surface area contributed by atoms with Gasteiger partial charge < -0.3 is 0 Å². The first-order valence-electron chi connectivity index (χ1n) is 12.7. The Morgan fingerprint density at radius 3 is 2.50 bits per heavy atom. The summed E-state index contributed by atoms with van der Waals surface area (Å²) in [6.07, 6.45) is 24.4. The van der Waals surface area contributed by atoms with Crippen LogP contribution in [-0.4, -0.2) is 20.6 Å². The summed E-state index contributed by atoms with van der Waals surface area (Å²) in [6.45, 7) is 4.34. The van der Waals surface area contributed by atoms with Gasteiger partial charge in [0.05, 0.1) is 6.26 Å². The third-order valence-corrected chi connectivity index (χ3v) is 6.71. The first kappa shape index (κ1) is 28.5. The van der Waals surface area contributed by atoms with E-state index in [4.69, 9.17) is 0 Å². The van der Waals surface area contributed by atoms with Gasteiger partial charge in [-0.05, 0) is 50.9 Å². The van der Waals surface area contributed by atoms with E-state index in [0.29, 0.717) is 18.3 Å². The number of allylic oxidation sites excluding steroid dienone is 4. The Balaban J connectivity index is 2.46. The third-order valence-electron chi connectivity index (χ3n) is 6.14. The number of unbranched alkanes of at least 4 members (excludes halogenated alkanes) is 4. The fourth-order valence-electron chi connectivity index (χ4n) is 4.30. The molecular formula is C27H45NO3S. The zero-order valence-corrected chi connectivity index (χ0v) is 21.4. The number of sulfonamides is 1. The van der Waals surface area contributed by atoms with Crippen molar-refractivity contribution in [1.29, 1.82) is 0 Å². The fourth-order valence-corrected chi connectivity index (χ4v) is 4.83. The number of carbonyl (C=O) groups is 1. The van der Waals surface area contributed by atoms with Crippen LogP contribution in [0.1, 0.15) is 104 Å². The van der Waals surface area contributed by atoms with E-state index in [1.165, 1.54) is 25.7 Å². The van der Waals surface area contributed by atoms with Gasteiger partial charge in [-0.15, -0.1) is 0 Å². The second-order valence-electron chi connectivity index (χ2n) is 9.15. The van der Waals surface area contributed by atoms with Gasteiger partial charge in [0.2, 0.25) is 15.9 Å². The molecule has 3 atom stereocenters. The van der Waals surface area contributed by atoms with Crippen molar-refractivity contribution in [2.75, 3.05) is 6.26 Å². The monoisotopic (exact) mass is 463 g/mol. The third kappa shape index (κ3) is 13.8. The molecule has 0 radical (unpaired) electrons. The maximum Gasteiger partial charge on any atom is 0.236 e. The van der Waals surface area contributed by atoms with E-state index in [0.717, 1.165) is 64.0 Å². The number of nitrogens with one attached hydrogen (secondary N) is 1. The summed E-state index contributed by atoms with van der Waals surface area (Å²) in [4.78, 5) is 12.4. The van der Waals surface area contributed by atoms with Gasteiger partial charge in [0, 0.05) is 18.3 Å². The summed E-state index contributed by atoms with van der Waals surface area (Å²) in [5.74, 6) is 7.38. The smallest absolute Gasteiger partial charge is 0.236 e. The molecule has 5 heteroatoms. The lowest BCUT2D eigenvalue weighted by molar-refractivity contribution is -0.123. The Kier molecular flexibility index (Phi) is 15.1. The minimum Gasteiger partial charge on any atom is -0.274 e. The van der Waals surface area contributed by atoms with Crippen molar-refractivity contribution in [2.24, 2.45) is 17.8 Å². The predicted molar refractivity (Wildman–Crippen MR) is 135 cm³/mol. The highest BCUT2D eigenvalue weighted by Gasteiger charge is 2.24. The molecule has 1 N–H and O–H groups in total. The topological polar surface area (TPSA) is 63.2 Å². The van der Waals surface area contributed by atoms with Crippen LogP contribution in [0.3, 0.4) is 0 Å². The molecule has 1 aliphatic carbocycles. The molecule has 0 bridgehead atoms. The van der Waals surface area contributed by atoms with Crippen molar-refractivity contribution in [3.63, 3.8) is 0 Å². The molecule has 0 spiro atoms. The largest absolute Gasteiger partial charge is 0.274 e. The summed E-state index contributed by atoms with van der Waals surface area (Å²) < 4.78 is 25.1. The van der Waals surface area contributed by atoms with Crippen molar-refractivity contribution in [3.8, 4) is 11.8 Å². The van der Waals surface area contributed by atoms with Crippen molar-refractivity contribution < 1.29 is 13.2 Å². The molecule has 0 heterocycles. The molecule has 4 nitrogen and oxygen atoms in total. The van der Waals surface area contributed by atoms with Gasteiger partial charge in [0.25, 0.3) is 0 Å². The maximum atomic E-state index is 12.4. The standard InChI is InChI=1S/C27H45NO3S/c1-4-6-8-10-11-14-18-24-22-17-23-25(24)19-15-12-16-21-26(20-13-9-7-5-2)27(29)28-32(3,30)31/h8,10,12,15,24-26H,4-7,9,11,13,16-17,19-23H2,1-3H3,(H,28,29)/t24-,25-,26?/m0/s1. The average molecular weight is 464 g/mol. The van der Waals surface area contributed by atoms with Crippen LogP contribution in [0.5, 0.6) is 0 Å². The van der Waals surface area contributed by atoms with Crippen LogP contribution in [-0.2, 0) is 14.8 Å². The van der Waals surface area contributed by atoms with Gasteiger partial charge in [-0.3, -0.25) is 9.52 Å². The first-order chi connectivity index (χ1) is 15.4. The highest BCUT2D eigenvalue weighted by Crippen LogP contribution is 2.34. The molecular weight excluding hydrogens is 418 g/mol. The van der Waals surface area contributed by atoms with E-state index in [1.807, 2.05) is 0 Å². The quantitative estimate of drug-likeness (QED) is 0.170. The molecule has 1 rings (SSSR count). The Morgan fingerprint density at radius 1 is 1.00 bits per heavy atom. The average Bonchev–Trinajstić information content (AvgIpc) is 3.17. The van der Waals surface area contributed by atoms with Crippen LogP contribution in [0.2, 0.25) is 0 Å². The summed E-state index contributed by atoms with van der Waals surface area (Å²) in [5.41, 5.74) is 0. The highest BCUT2D eigenvalue weighted by molar-refractivity contribution is 7.89. The zero-order chi connectivity index (χ0) is 23.7. The molecule has 182 valence electrons. The SMILES string of the molecule is CCCC=CCC#C[C@H]1CCC[C@@H]1CC=CCCC(CCCCCC)C(=O)NS(C)(=O)=O. The predicted octanol–water partition coefficient (Wildman–Crippen LogP) is 6.54. The summed E-state index contributed by atoms with van der Waals surface area (Å²) in [7, 11) is -3.51. The minimum absolute atomic E-state index is 0.239. The summed E-state index contributed by atoms with van der Waals surface area (Å²) in [5, 5.41) is 0. The van der Waals surface area contributed by atoms with E-state index in [2.05, 4.69) is 54.7 Å².